The Balaban J connectivity index is 1.86. The molecule has 5 nitrogen and oxygen atoms in total. The largest absolute Gasteiger partial charge is 0.308 e. The lowest BCUT2D eigenvalue weighted by Crippen LogP contribution is -2.31. The summed E-state index contributed by atoms with van der Waals surface area (Å²) in [5, 5.41) is 4.86. The third kappa shape index (κ3) is 4.86. The Morgan fingerprint density at radius 1 is 0.893 bits per heavy atom. The standard InChI is InChI=1S/C23H31N5/c1-18-10-6-7-12-23(18)28-20(3)22(19(2)25-28)17-27(15-14-26(4)5)16-21-11-8-9-13-24-21/h6-13H,14-17H2,1-5H3. The summed E-state index contributed by atoms with van der Waals surface area (Å²) >= 11 is 0. The predicted octanol–water partition coefficient (Wildman–Crippen LogP) is 3.76. The van der Waals surface area contributed by atoms with E-state index in [1.165, 1.54) is 16.8 Å². The highest BCUT2D eigenvalue weighted by atomic mass is 15.3. The van der Waals surface area contributed by atoms with Gasteiger partial charge in [-0.1, -0.05) is 24.3 Å². The van der Waals surface area contributed by atoms with Gasteiger partial charge >= 0.3 is 0 Å². The Morgan fingerprint density at radius 2 is 1.64 bits per heavy atom. The molecule has 0 radical (unpaired) electrons. The smallest absolute Gasteiger partial charge is 0.0678 e. The minimum Gasteiger partial charge on any atom is -0.308 e. The Morgan fingerprint density at radius 3 is 2.32 bits per heavy atom. The number of likely N-dealkylation sites (N-methyl/N-ethyl adjacent to an activating group) is 1. The van der Waals surface area contributed by atoms with E-state index in [2.05, 4.69) is 90.7 Å². The van der Waals surface area contributed by atoms with E-state index >= 15 is 0 Å². The van der Waals surface area contributed by atoms with E-state index < -0.39 is 0 Å². The summed E-state index contributed by atoms with van der Waals surface area (Å²) in [5.74, 6) is 0. The molecule has 0 aliphatic carbocycles. The van der Waals surface area contributed by atoms with Crippen LogP contribution in [0.5, 0.6) is 0 Å². The zero-order chi connectivity index (χ0) is 20.1. The number of aryl methyl sites for hydroxylation is 2. The zero-order valence-corrected chi connectivity index (χ0v) is 17.7. The van der Waals surface area contributed by atoms with Crippen LogP contribution >= 0.6 is 0 Å². The SMILES string of the molecule is Cc1ccccc1-n1nc(C)c(CN(CCN(C)C)Cc2ccccn2)c1C. The molecule has 5 heteroatoms. The van der Waals surface area contributed by atoms with Gasteiger partial charge in [-0.25, -0.2) is 4.68 Å². The molecule has 0 aliphatic heterocycles. The van der Waals surface area contributed by atoms with Gasteiger partial charge in [-0.05, 0) is 58.6 Å². The number of para-hydroxylation sites is 1. The number of benzene rings is 1. The van der Waals surface area contributed by atoms with Crippen LogP contribution in [-0.4, -0.2) is 51.7 Å². The molecule has 3 rings (SSSR count). The van der Waals surface area contributed by atoms with Crippen molar-refractivity contribution >= 4 is 0 Å². The highest BCUT2D eigenvalue weighted by Crippen LogP contribution is 2.22. The van der Waals surface area contributed by atoms with Crippen molar-refractivity contribution in [2.75, 3.05) is 27.2 Å². The van der Waals surface area contributed by atoms with Crippen molar-refractivity contribution in [2.24, 2.45) is 0 Å². The average Bonchev–Trinajstić information content (AvgIpc) is 2.95. The van der Waals surface area contributed by atoms with Gasteiger partial charge in [-0.2, -0.15) is 5.10 Å². The van der Waals surface area contributed by atoms with Gasteiger partial charge in [0.05, 0.1) is 17.1 Å². The second-order valence-electron chi connectivity index (χ2n) is 7.68. The first-order valence-electron chi connectivity index (χ1n) is 9.84. The molecule has 0 aliphatic rings. The van der Waals surface area contributed by atoms with Crippen LogP contribution in [0.1, 0.15) is 28.2 Å². The Hall–Kier alpha value is -2.50. The van der Waals surface area contributed by atoms with Crippen LogP contribution < -0.4 is 0 Å². The number of pyridine rings is 1. The van der Waals surface area contributed by atoms with E-state index in [4.69, 9.17) is 5.10 Å². The lowest BCUT2D eigenvalue weighted by molar-refractivity contribution is 0.223. The molecular formula is C23H31N5. The molecule has 0 fully saturated rings. The highest BCUT2D eigenvalue weighted by molar-refractivity contribution is 5.42. The highest BCUT2D eigenvalue weighted by Gasteiger charge is 2.17. The number of hydrogen-bond acceptors (Lipinski definition) is 4. The molecule has 0 N–H and O–H groups in total. The topological polar surface area (TPSA) is 37.2 Å². The molecule has 148 valence electrons. The lowest BCUT2D eigenvalue weighted by atomic mass is 10.1. The maximum absolute atomic E-state index is 4.86. The van der Waals surface area contributed by atoms with Crippen LogP contribution in [0.4, 0.5) is 0 Å². The molecular weight excluding hydrogens is 346 g/mol. The summed E-state index contributed by atoms with van der Waals surface area (Å²) < 4.78 is 2.09. The second kappa shape index (κ2) is 9.13. The van der Waals surface area contributed by atoms with Gasteiger partial charge in [-0.3, -0.25) is 9.88 Å². The van der Waals surface area contributed by atoms with Crippen LogP contribution in [0.15, 0.2) is 48.7 Å². The third-order valence-corrected chi connectivity index (χ3v) is 5.14. The minimum atomic E-state index is 0.836. The molecule has 2 aromatic heterocycles. The van der Waals surface area contributed by atoms with Crippen molar-refractivity contribution in [3.63, 3.8) is 0 Å². The van der Waals surface area contributed by atoms with Crippen molar-refractivity contribution in [2.45, 2.75) is 33.9 Å². The van der Waals surface area contributed by atoms with Crippen LogP contribution in [0.25, 0.3) is 5.69 Å². The molecule has 1 aromatic carbocycles. The van der Waals surface area contributed by atoms with Crippen LogP contribution in [0, 0.1) is 20.8 Å². The number of aromatic nitrogens is 3. The van der Waals surface area contributed by atoms with Crippen molar-refractivity contribution in [1.29, 1.82) is 0 Å². The Labute approximate surface area is 168 Å². The maximum atomic E-state index is 4.86. The molecule has 0 saturated heterocycles. The van der Waals surface area contributed by atoms with Gasteiger partial charge in [-0.15, -0.1) is 0 Å². The van der Waals surface area contributed by atoms with E-state index in [1.807, 2.05) is 12.3 Å². The lowest BCUT2D eigenvalue weighted by Gasteiger charge is -2.24. The molecule has 0 spiro atoms. The fourth-order valence-corrected chi connectivity index (χ4v) is 3.44. The van der Waals surface area contributed by atoms with Crippen molar-refractivity contribution in [1.82, 2.24) is 24.6 Å². The van der Waals surface area contributed by atoms with Crippen molar-refractivity contribution < 1.29 is 0 Å². The quantitative estimate of drug-likeness (QED) is 0.599. The van der Waals surface area contributed by atoms with E-state index in [1.54, 1.807) is 0 Å². The van der Waals surface area contributed by atoms with Gasteiger partial charge in [0.15, 0.2) is 0 Å². The van der Waals surface area contributed by atoms with Crippen LogP contribution in [-0.2, 0) is 13.1 Å². The molecule has 28 heavy (non-hydrogen) atoms. The molecule has 0 amide bonds. The van der Waals surface area contributed by atoms with Gasteiger partial charge in [0.1, 0.15) is 0 Å². The minimum absolute atomic E-state index is 0.836. The van der Waals surface area contributed by atoms with Crippen LogP contribution in [0.2, 0.25) is 0 Å². The van der Waals surface area contributed by atoms with E-state index in [0.29, 0.717) is 0 Å². The average molecular weight is 378 g/mol. The number of nitrogens with zero attached hydrogens (tertiary/aromatic N) is 5. The molecule has 0 unspecified atom stereocenters. The molecule has 3 aromatic rings. The van der Waals surface area contributed by atoms with E-state index in [0.717, 1.165) is 43.3 Å². The first-order valence-corrected chi connectivity index (χ1v) is 9.84. The van der Waals surface area contributed by atoms with E-state index in [-0.39, 0.29) is 0 Å². The summed E-state index contributed by atoms with van der Waals surface area (Å²) in [7, 11) is 4.23. The van der Waals surface area contributed by atoms with Gasteiger partial charge in [0.2, 0.25) is 0 Å². The molecule has 0 saturated carbocycles. The summed E-state index contributed by atoms with van der Waals surface area (Å²) in [6.45, 7) is 10.1. The molecule has 2 heterocycles. The maximum Gasteiger partial charge on any atom is 0.0678 e. The molecule has 0 atom stereocenters. The fourth-order valence-electron chi connectivity index (χ4n) is 3.44. The summed E-state index contributed by atoms with van der Waals surface area (Å²) in [6, 6.07) is 14.5. The normalized spacial score (nSPS) is 11.5. The Kier molecular flexibility index (Phi) is 6.60. The van der Waals surface area contributed by atoms with Crippen LogP contribution in [0.3, 0.4) is 0 Å². The first-order chi connectivity index (χ1) is 13.5. The van der Waals surface area contributed by atoms with E-state index in [9.17, 15) is 0 Å². The van der Waals surface area contributed by atoms with Crippen molar-refractivity contribution in [3.05, 3.63) is 76.9 Å². The van der Waals surface area contributed by atoms with Gasteiger partial charge in [0.25, 0.3) is 0 Å². The fraction of sp³-hybridized carbons (Fsp3) is 0.391. The van der Waals surface area contributed by atoms with Gasteiger partial charge in [0, 0.05) is 43.6 Å². The second-order valence-corrected chi connectivity index (χ2v) is 7.68. The zero-order valence-electron chi connectivity index (χ0n) is 17.7. The van der Waals surface area contributed by atoms with Crippen molar-refractivity contribution in [3.8, 4) is 5.69 Å². The number of hydrogen-bond donors (Lipinski definition) is 0. The molecule has 0 bridgehead atoms. The summed E-state index contributed by atoms with van der Waals surface area (Å²) in [6.07, 6.45) is 1.87. The summed E-state index contributed by atoms with van der Waals surface area (Å²) in [5.41, 5.74) is 7.09. The number of rotatable bonds is 8. The Bertz CT molecular complexity index is 899. The predicted molar refractivity (Wildman–Crippen MR) is 115 cm³/mol. The summed E-state index contributed by atoms with van der Waals surface area (Å²) in [4.78, 5) is 9.20. The monoisotopic (exact) mass is 377 g/mol. The third-order valence-electron chi connectivity index (χ3n) is 5.14. The first kappa shape index (κ1) is 20.2. The van der Waals surface area contributed by atoms with Gasteiger partial charge < -0.3 is 4.90 Å².